The van der Waals surface area contributed by atoms with E-state index in [-0.39, 0.29) is 18.1 Å². The third-order valence-electron chi connectivity index (χ3n) is 5.05. The first kappa shape index (κ1) is 24.0. The van der Waals surface area contributed by atoms with Gasteiger partial charge >= 0.3 is 12.1 Å². The molecular weight excluding hydrogens is 430 g/mol. The van der Waals surface area contributed by atoms with Crippen molar-refractivity contribution in [1.29, 1.82) is 0 Å². The van der Waals surface area contributed by atoms with Crippen LogP contribution >= 0.6 is 11.6 Å². The van der Waals surface area contributed by atoms with Crippen LogP contribution in [-0.2, 0) is 14.3 Å². The van der Waals surface area contributed by atoms with E-state index in [0.29, 0.717) is 42.3 Å². The number of pyridine rings is 2. The quantitative estimate of drug-likeness (QED) is 0.352. The van der Waals surface area contributed by atoms with E-state index in [9.17, 15) is 9.59 Å². The van der Waals surface area contributed by atoms with Crippen LogP contribution < -0.4 is 0 Å². The number of likely N-dealkylation sites (tertiary alicyclic amines) is 1. The Morgan fingerprint density at radius 3 is 2.53 bits per heavy atom. The van der Waals surface area contributed by atoms with Gasteiger partial charge in [-0.25, -0.2) is 19.6 Å². The number of halogens is 1. The molecule has 0 saturated carbocycles. The average Bonchev–Trinajstić information content (AvgIpc) is 2.70. The van der Waals surface area contributed by atoms with Crippen LogP contribution in [0.5, 0.6) is 0 Å². The van der Waals surface area contributed by atoms with Gasteiger partial charge in [-0.15, -0.1) is 0 Å². The average molecular weight is 460 g/mol. The van der Waals surface area contributed by atoms with Gasteiger partial charge in [-0.2, -0.15) is 0 Å². The summed E-state index contributed by atoms with van der Waals surface area (Å²) in [5.41, 5.74) is 1.66. The number of fused-ring (bicyclic) bond motifs is 1. The first-order valence-corrected chi connectivity index (χ1v) is 11.2. The largest absolute Gasteiger partial charge is 0.460 e. The van der Waals surface area contributed by atoms with E-state index in [0.717, 1.165) is 11.0 Å². The normalized spacial score (nSPS) is 15.8. The van der Waals surface area contributed by atoms with E-state index < -0.39 is 11.6 Å². The van der Waals surface area contributed by atoms with E-state index >= 15 is 0 Å². The molecule has 3 heterocycles. The number of hydrogen-bond acceptors (Lipinski definition) is 6. The van der Waals surface area contributed by atoms with E-state index in [1.165, 1.54) is 6.08 Å². The molecule has 2 aromatic heterocycles. The van der Waals surface area contributed by atoms with Gasteiger partial charge in [0.25, 0.3) is 0 Å². The predicted molar refractivity (Wildman–Crippen MR) is 124 cm³/mol. The van der Waals surface area contributed by atoms with Crippen molar-refractivity contribution in [3.05, 3.63) is 41.3 Å². The summed E-state index contributed by atoms with van der Waals surface area (Å²) in [5, 5.41) is 1.22. The fraction of sp³-hybridized carbons (Fsp3) is 0.500. The molecule has 7 nitrogen and oxygen atoms in total. The number of allylic oxidation sites excluding steroid dienone is 1. The van der Waals surface area contributed by atoms with Gasteiger partial charge in [0.05, 0.1) is 17.3 Å². The van der Waals surface area contributed by atoms with Gasteiger partial charge in [-0.3, -0.25) is 0 Å². The third-order valence-corrected chi connectivity index (χ3v) is 5.25. The minimum atomic E-state index is -0.537. The van der Waals surface area contributed by atoms with Crippen molar-refractivity contribution in [2.45, 2.75) is 59.2 Å². The van der Waals surface area contributed by atoms with Crippen LogP contribution in [0.25, 0.3) is 16.5 Å². The zero-order valence-corrected chi connectivity index (χ0v) is 20.0. The minimum Gasteiger partial charge on any atom is -0.460 e. The highest BCUT2D eigenvalue weighted by atomic mass is 35.5. The van der Waals surface area contributed by atoms with Gasteiger partial charge < -0.3 is 14.4 Å². The van der Waals surface area contributed by atoms with Crippen molar-refractivity contribution in [3.63, 3.8) is 0 Å². The molecule has 1 aliphatic heterocycles. The van der Waals surface area contributed by atoms with Crippen LogP contribution in [0.15, 0.2) is 30.5 Å². The maximum absolute atomic E-state index is 12.5. The first-order valence-electron chi connectivity index (χ1n) is 10.8. The maximum atomic E-state index is 12.5. The van der Waals surface area contributed by atoms with E-state index in [2.05, 4.69) is 4.98 Å². The number of piperidine rings is 1. The Labute approximate surface area is 193 Å². The second-order valence-corrected chi connectivity index (χ2v) is 9.61. The zero-order chi connectivity index (χ0) is 23.5. The highest BCUT2D eigenvalue weighted by molar-refractivity contribution is 6.30. The number of ether oxygens (including phenoxy) is 2. The second-order valence-electron chi connectivity index (χ2n) is 9.22. The molecule has 0 spiro atoms. The SMILES string of the molecule is CC(C)OC(=O)C=C(c1ccc2cnc(Cl)cc2n1)C1CCN(C(=O)OC(C)(C)C)CC1. The number of carbonyl (C=O) groups excluding carboxylic acids is 2. The maximum Gasteiger partial charge on any atom is 0.410 e. The number of rotatable bonds is 4. The van der Waals surface area contributed by atoms with E-state index in [1.54, 1.807) is 17.2 Å². The van der Waals surface area contributed by atoms with Gasteiger partial charge in [-0.05, 0) is 71.1 Å². The molecule has 1 fully saturated rings. The summed E-state index contributed by atoms with van der Waals surface area (Å²) >= 11 is 6.04. The van der Waals surface area contributed by atoms with Crippen LogP contribution in [0, 0.1) is 5.92 Å². The zero-order valence-electron chi connectivity index (χ0n) is 19.2. The number of esters is 1. The second kappa shape index (κ2) is 9.86. The first-order chi connectivity index (χ1) is 15.0. The van der Waals surface area contributed by atoms with Crippen LogP contribution in [0.2, 0.25) is 5.15 Å². The molecule has 32 heavy (non-hydrogen) atoms. The number of hydrogen-bond donors (Lipinski definition) is 0. The highest BCUT2D eigenvalue weighted by Crippen LogP contribution is 2.33. The van der Waals surface area contributed by atoms with Crippen LogP contribution in [-0.4, -0.2) is 51.7 Å². The summed E-state index contributed by atoms with van der Waals surface area (Å²) in [6.45, 7) is 10.3. The molecule has 3 rings (SSSR count). The molecule has 172 valence electrons. The van der Waals surface area contributed by atoms with Crippen molar-refractivity contribution < 1.29 is 19.1 Å². The number of aromatic nitrogens is 2. The Kier molecular flexibility index (Phi) is 7.39. The standard InChI is InChI=1S/C24H30ClN3O4/c1-15(2)31-22(29)12-18(19-7-6-17-14-26-21(25)13-20(17)27-19)16-8-10-28(11-9-16)23(30)32-24(3,4)5/h6-7,12-16H,8-11H2,1-5H3. The lowest BCUT2D eigenvalue weighted by molar-refractivity contribution is -0.141. The molecule has 0 unspecified atom stereocenters. The van der Waals surface area contributed by atoms with E-state index in [1.807, 2.05) is 46.8 Å². The monoisotopic (exact) mass is 459 g/mol. The van der Waals surface area contributed by atoms with Gasteiger partial charge in [0.1, 0.15) is 10.8 Å². The van der Waals surface area contributed by atoms with E-state index in [4.69, 9.17) is 26.1 Å². The van der Waals surface area contributed by atoms with Gasteiger partial charge in [0, 0.05) is 36.8 Å². The highest BCUT2D eigenvalue weighted by Gasteiger charge is 2.29. The summed E-state index contributed by atoms with van der Waals surface area (Å²) in [6.07, 6.45) is 4.05. The molecule has 0 radical (unpaired) electrons. The smallest absolute Gasteiger partial charge is 0.410 e. The van der Waals surface area contributed by atoms with Crippen molar-refractivity contribution in [1.82, 2.24) is 14.9 Å². The van der Waals surface area contributed by atoms with Crippen molar-refractivity contribution in [3.8, 4) is 0 Å². The van der Waals surface area contributed by atoms with Gasteiger partial charge in [0.15, 0.2) is 0 Å². The topological polar surface area (TPSA) is 81.6 Å². The lowest BCUT2D eigenvalue weighted by Gasteiger charge is -2.34. The summed E-state index contributed by atoms with van der Waals surface area (Å²) < 4.78 is 10.8. The van der Waals surface area contributed by atoms with Crippen molar-refractivity contribution in [2.75, 3.05) is 13.1 Å². The minimum absolute atomic E-state index is 0.0515. The molecule has 1 saturated heterocycles. The molecule has 0 aromatic carbocycles. The Morgan fingerprint density at radius 1 is 1.22 bits per heavy atom. The lowest BCUT2D eigenvalue weighted by Crippen LogP contribution is -2.42. The molecule has 2 aromatic rings. The molecule has 0 atom stereocenters. The fourth-order valence-corrected chi connectivity index (χ4v) is 3.80. The third kappa shape index (κ3) is 6.42. The van der Waals surface area contributed by atoms with Gasteiger partial charge in [-0.1, -0.05) is 11.6 Å². The molecule has 8 heteroatoms. The molecule has 0 aliphatic carbocycles. The predicted octanol–water partition coefficient (Wildman–Crippen LogP) is 5.27. The molecular formula is C24H30ClN3O4. The van der Waals surface area contributed by atoms with Gasteiger partial charge in [0.2, 0.25) is 0 Å². The fourth-order valence-electron chi connectivity index (χ4n) is 3.65. The summed E-state index contributed by atoms with van der Waals surface area (Å²) in [7, 11) is 0. The Balaban J connectivity index is 1.86. The Hall–Kier alpha value is -2.67. The van der Waals surface area contributed by atoms with Crippen molar-refractivity contribution >= 4 is 40.1 Å². The Bertz CT molecular complexity index is 1020. The van der Waals surface area contributed by atoms with Crippen LogP contribution in [0.1, 0.15) is 53.2 Å². The number of nitrogens with zero attached hydrogens (tertiary/aromatic N) is 3. The molecule has 0 N–H and O–H groups in total. The molecule has 0 bridgehead atoms. The molecule has 1 amide bonds. The number of amides is 1. The number of carbonyl (C=O) groups is 2. The summed E-state index contributed by atoms with van der Waals surface area (Å²) in [4.78, 5) is 35.5. The molecule has 1 aliphatic rings. The Morgan fingerprint density at radius 2 is 1.91 bits per heavy atom. The summed E-state index contributed by atoms with van der Waals surface area (Å²) in [6, 6.07) is 5.50. The summed E-state index contributed by atoms with van der Waals surface area (Å²) in [5.74, 6) is -0.352. The van der Waals surface area contributed by atoms with Crippen molar-refractivity contribution in [2.24, 2.45) is 5.92 Å². The lowest BCUT2D eigenvalue weighted by atomic mass is 9.86. The van der Waals surface area contributed by atoms with Crippen LogP contribution in [0.3, 0.4) is 0 Å². The van der Waals surface area contributed by atoms with Crippen LogP contribution in [0.4, 0.5) is 4.79 Å².